The fourth-order valence-corrected chi connectivity index (χ4v) is 2.28. The molecule has 0 bridgehead atoms. The molecule has 1 aromatic carbocycles. The molecule has 0 unspecified atom stereocenters. The van der Waals surface area contributed by atoms with Crippen LogP contribution in [0.4, 0.5) is 14.9 Å². The average Bonchev–Trinajstić information content (AvgIpc) is 2.43. The van der Waals surface area contributed by atoms with Crippen LogP contribution in [0, 0.1) is 11.7 Å². The van der Waals surface area contributed by atoms with Crippen LogP contribution in [-0.4, -0.2) is 35.1 Å². The van der Waals surface area contributed by atoms with Gasteiger partial charge in [-0.25, -0.2) is 9.18 Å². The molecule has 1 heterocycles. The van der Waals surface area contributed by atoms with Gasteiger partial charge in [-0.1, -0.05) is 11.6 Å². The predicted octanol–water partition coefficient (Wildman–Crippen LogP) is 2.81. The number of likely N-dealkylation sites (tertiary alicyclic amines) is 1. The fraction of sp³-hybridized carbons (Fsp3) is 0.385. The number of aliphatic carboxylic acids is 1. The van der Waals surface area contributed by atoms with Crippen molar-refractivity contribution in [2.75, 3.05) is 18.4 Å². The number of anilines is 1. The van der Waals surface area contributed by atoms with Crippen molar-refractivity contribution in [3.05, 3.63) is 29.0 Å². The Hall–Kier alpha value is -1.82. The Balaban J connectivity index is 1.96. The molecule has 0 saturated carbocycles. The van der Waals surface area contributed by atoms with Gasteiger partial charge in [0.1, 0.15) is 5.82 Å². The average molecular weight is 301 g/mol. The highest BCUT2D eigenvalue weighted by atomic mass is 35.5. The lowest BCUT2D eigenvalue weighted by Crippen LogP contribution is -2.42. The molecule has 2 N–H and O–H groups in total. The number of carboxylic acids is 1. The van der Waals surface area contributed by atoms with Gasteiger partial charge in [0.15, 0.2) is 0 Å². The number of carbonyl (C=O) groups excluding carboxylic acids is 1. The summed E-state index contributed by atoms with van der Waals surface area (Å²) in [5.41, 5.74) is 0.206. The summed E-state index contributed by atoms with van der Waals surface area (Å²) in [6.45, 7) is 0.714. The standard InChI is InChI=1S/C13H14ClFN2O3/c14-10-2-1-9(15)7-11(10)16-13(20)17-5-3-8(4-6-17)12(18)19/h1-2,7-8H,3-6H2,(H,16,20)(H,18,19). The van der Waals surface area contributed by atoms with Crippen LogP contribution in [0.2, 0.25) is 5.02 Å². The van der Waals surface area contributed by atoms with E-state index in [0.717, 1.165) is 6.07 Å². The molecule has 20 heavy (non-hydrogen) atoms. The summed E-state index contributed by atoms with van der Waals surface area (Å²) in [4.78, 5) is 24.3. The summed E-state index contributed by atoms with van der Waals surface area (Å²) in [6.07, 6.45) is 0.833. The Morgan fingerprint density at radius 2 is 2.00 bits per heavy atom. The van der Waals surface area contributed by atoms with Crippen LogP contribution < -0.4 is 5.32 Å². The SMILES string of the molecule is O=C(O)C1CCN(C(=O)Nc2cc(F)ccc2Cl)CC1. The molecule has 1 saturated heterocycles. The third-order valence-corrected chi connectivity index (χ3v) is 3.63. The number of hydrogen-bond donors (Lipinski definition) is 2. The molecular weight excluding hydrogens is 287 g/mol. The first-order valence-electron chi connectivity index (χ1n) is 6.21. The molecule has 7 heteroatoms. The Bertz CT molecular complexity index is 530. The summed E-state index contributed by atoms with van der Waals surface area (Å²) in [5.74, 6) is -1.73. The van der Waals surface area contributed by atoms with Gasteiger partial charge >= 0.3 is 12.0 Å². The van der Waals surface area contributed by atoms with Crippen LogP contribution in [0.25, 0.3) is 0 Å². The van der Waals surface area contributed by atoms with Crippen molar-refractivity contribution in [1.82, 2.24) is 4.90 Å². The van der Waals surface area contributed by atoms with Gasteiger partial charge in [0, 0.05) is 13.1 Å². The zero-order valence-corrected chi connectivity index (χ0v) is 11.4. The molecule has 0 radical (unpaired) electrons. The zero-order valence-electron chi connectivity index (χ0n) is 10.6. The number of amides is 2. The summed E-state index contributed by atoms with van der Waals surface area (Å²) in [5, 5.41) is 11.7. The normalized spacial score (nSPS) is 16.0. The molecule has 0 aromatic heterocycles. The lowest BCUT2D eigenvalue weighted by atomic mass is 9.97. The first-order chi connectivity index (χ1) is 9.47. The topological polar surface area (TPSA) is 69.6 Å². The van der Waals surface area contributed by atoms with E-state index in [2.05, 4.69) is 5.32 Å². The largest absolute Gasteiger partial charge is 0.481 e. The van der Waals surface area contributed by atoms with Crippen LogP contribution in [0.15, 0.2) is 18.2 Å². The molecule has 0 aliphatic carbocycles. The Morgan fingerprint density at radius 3 is 2.60 bits per heavy atom. The first kappa shape index (κ1) is 14.6. The number of piperidine rings is 1. The van der Waals surface area contributed by atoms with E-state index < -0.39 is 23.7 Å². The highest BCUT2D eigenvalue weighted by molar-refractivity contribution is 6.33. The van der Waals surface area contributed by atoms with E-state index >= 15 is 0 Å². The summed E-state index contributed by atoms with van der Waals surface area (Å²) in [7, 11) is 0. The predicted molar refractivity (Wildman–Crippen MR) is 72.4 cm³/mol. The maximum atomic E-state index is 13.1. The van der Waals surface area contributed by atoms with E-state index in [9.17, 15) is 14.0 Å². The smallest absolute Gasteiger partial charge is 0.321 e. The summed E-state index contributed by atoms with van der Waals surface area (Å²) < 4.78 is 13.1. The number of carbonyl (C=O) groups is 2. The van der Waals surface area contributed by atoms with Crippen LogP contribution >= 0.6 is 11.6 Å². The zero-order chi connectivity index (χ0) is 14.7. The number of benzene rings is 1. The molecule has 108 valence electrons. The van der Waals surface area contributed by atoms with Gasteiger partial charge in [-0.05, 0) is 31.0 Å². The van der Waals surface area contributed by atoms with Crippen molar-refractivity contribution in [2.45, 2.75) is 12.8 Å². The molecule has 2 amide bonds. The minimum absolute atomic E-state index is 0.206. The lowest BCUT2D eigenvalue weighted by Gasteiger charge is -2.30. The minimum Gasteiger partial charge on any atom is -0.481 e. The van der Waals surface area contributed by atoms with Gasteiger partial charge in [-0.2, -0.15) is 0 Å². The monoisotopic (exact) mass is 300 g/mol. The molecule has 5 nitrogen and oxygen atoms in total. The van der Waals surface area contributed by atoms with Gasteiger partial charge in [0.25, 0.3) is 0 Å². The second-order valence-corrected chi connectivity index (χ2v) is 5.06. The number of nitrogens with zero attached hydrogens (tertiary/aromatic N) is 1. The van der Waals surface area contributed by atoms with Crippen molar-refractivity contribution in [3.8, 4) is 0 Å². The molecule has 1 fully saturated rings. The van der Waals surface area contributed by atoms with E-state index in [1.165, 1.54) is 17.0 Å². The van der Waals surface area contributed by atoms with Crippen LogP contribution in [-0.2, 0) is 4.79 Å². The number of rotatable bonds is 2. The number of carboxylic acid groups (broad SMARTS) is 1. The lowest BCUT2D eigenvalue weighted by molar-refractivity contribution is -0.143. The quantitative estimate of drug-likeness (QED) is 0.882. The molecule has 2 rings (SSSR count). The van der Waals surface area contributed by atoms with Crippen molar-refractivity contribution in [3.63, 3.8) is 0 Å². The molecular formula is C13H14ClFN2O3. The van der Waals surface area contributed by atoms with Gasteiger partial charge < -0.3 is 15.3 Å². The summed E-state index contributed by atoms with van der Waals surface area (Å²) in [6, 6.07) is 3.31. The molecule has 0 spiro atoms. The minimum atomic E-state index is -0.835. The molecule has 1 aliphatic rings. The highest BCUT2D eigenvalue weighted by Gasteiger charge is 2.27. The van der Waals surface area contributed by atoms with E-state index in [1.54, 1.807) is 0 Å². The Kier molecular flexibility index (Phi) is 4.44. The maximum Gasteiger partial charge on any atom is 0.321 e. The van der Waals surface area contributed by atoms with Crippen molar-refractivity contribution < 1.29 is 19.1 Å². The molecule has 1 aromatic rings. The highest BCUT2D eigenvalue weighted by Crippen LogP contribution is 2.24. The van der Waals surface area contributed by atoms with E-state index in [1.807, 2.05) is 0 Å². The summed E-state index contributed by atoms with van der Waals surface area (Å²) >= 11 is 5.87. The van der Waals surface area contributed by atoms with Crippen LogP contribution in [0.1, 0.15) is 12.8 Å². The third kappa shape index (κ3) is 3.39. The first-order valence-corrected chi connectivity index (χ1v) is 6.59. The van der Waals surface area contributed by atoms with E-state index in [4.69, 9.17) is 16.7 Å². The van der Waals surface area contributed by atoms with Crippen LogP contribution in [0.5, 0.6) is 0 Å². The fourth-order valence-electron chi connectivity index (χ4n) is 2.12. The van der Waals surface area contributed by atoms with E-state index in [-0.39, 0.29) is 10.7 Å². The maximum absolute atomic E-state index is 13.1. The third-order valence-electron chi connectivity index (χ3n) is 3.30. The Labute approximate surface area is 120 Å². The number of hydrogen-bond acceptors (Lipinski definition) is 2. The van der Waals surface area contributed by atoms with E-state index in [0.29, 0.717) is 25.9 Å². The number of halogens is 2. The van der Waals surface area contributed by atoms with Crippen LogP contribution in [0.3, 0.4) is 0 Å². The second-order valence-electron chi connectivity index (χ2n) is 4.65. The number of urea groups is 1. The van der Waals surface area contributed by atoms with Crippen molar-refractivity contribution in [2.24, 2.45) is 5.92 Å². The molecule has 0 atom stereocenters. The van der Waals surface area contributed by atoms with Crippen molar-refractivity contribution in [1.29, 1.82) is 0 Å². The van der Waals surface area contributed by atoms with Gasteiger partial charge in [-0.3, -0.25) is 4.79 Å². The Morgan fingerprint density at radius 1 is 1.35 bits per heavy atom. The van der Waals surface area contributed by atoms with Gasteiger partial charge in [-0.15, -0.1) is 0 Å². The van der Waals surface area contributed by atoms with Gasteiger partial charge in [0.2, 0.25) is 0 Å². The van der Waals surface area contributed by atoms with Crippen molar-refractivity contribution >= 4 is 29.3 Å². The molecule has 1 aliphatic heterocycles. The number of nitrogens with one attached hydrogen (secondary N) is 1. The second kappa shape index (κ2) is 6.09. The van der Waals surface area contributed by atoms with Gasteiger partial charge in [0.05, 0.1) is 16.6 Å².